The van der Waals surface area contributed by atoms with Crippen molar-refractivity contribution in [1.29, 1.82) is 0 Å². The van der Waals surface area contributed by atoms with Crippen molar-refractivity contribution in [2.24, 2.45) is 0 Å². The molecule has 1 aromatic carbocycles. The van der Waals surface area contributed by atoms with E-state index in [1.165, 1.54) is 7.11 Å². The van der Waals surface area contributed by atoms with E-state index in [0.29, 0.717) is 11.3 Å². The fourth-order valence-electron chi connectivity index (χ4n) is 1.19. The number of ketones is 1. The molecule has 0 saturated carbocycles. The molecular weight excluding hydrogens is 244 g/mol. The Morgan fingerprint density at radius 3 is 2.59 bits per heavy atom. The van der Waals surface area contributed by atoms with Gasteiger partial charge in [0, 0.05) is 12.7 Å². The number of methoxy groups -OCH3 is 1. The van der Waals surface area contributed by atoms with Gasteiger partial charge in [-0.1, -0.05) is 0 Å². The van der Waals surface area contributed by atoms with Crippen molar-refractivity contribution < 1.29 is 19.4 Å². The summed E-state index contributed by atoms with van der Waals surface area (Å²) >= 11 is 5.43. The molecule has 0 aliphatic heterocycles. The summed E-state index contributed by atoms with van der Waals surface area (Å²) < 4.78 is 10.0. The molecule has 0 heterocycles. The highest BCUT2D eigenvalue weighted by molar-refractivity contribution is 6.18. The van der Waals surface area contributed by atoms with Crippen molar-refractivity contribution in [3.05, 3.63) is 29.8 Å². The number of rotatable bonds is 7. The van der Waals surface area contributed by atoms with Crippen molar-refractivity contribution in [3.63, 3.8) is 0 Å². The Bertz CT molecular complexity index is 350. The maximum atomic E-state index is 11.4. The van der Waals surface area contributed by atoms with Crippen LogP contribution < -0.4 is 4.74 Å². The molecule has 1 N–H and O–H groups in total. The average Bonchev–Trinajstić information content (AvgIpc) is 2.36. The van der Waals surface area contributed by atoms with Crippen LogP contribution in [-0.4, -0.2) is 43.2 Å². The van der Waals surface area contributed by atoms with Crippen LogP contribution >= 0.6 is 11.6 Å². The topological polar surface area (TPSA) is 55.8 Å². The van der Waals surface area contributed by atoms with Crippen LogP contribution in [-0.2, 0) is 4.74 Å². The highest BCUT2D eigenvalue weighted by Gasteiger charge is 2.06. The third-order valence-corrected chi connectivity index (χ3v) is 2.43. The summed E-state index contributed by atoms with van der Waals surface area (Å²) in [6.07, 6.45) is -0.688. The molecule has 0 fully saturated rings. The highest BCUT2D eigenvalue weighted by atomic mass is 35.5. The summed E-state index contributed by atoms with van der Waals surface area (Å²) in [5, 5.41) is 9.20. The van der Waals surface area contributed by atoms with Gasteiger partial charge in [0.05, 0.1) is 5.88 Å². The van der Waals surface area contributed by atoms with E-state index < -0.39 is 6.10 Å². The molecule has 0 aliphatic rings. The first kappa shape index (κ1) is 14.0. The van der Waals surface area contributed by atoms with Crippen LogP contribution in [0.4, 0.5) is 0 Å². The van der Waals surface area contributed by atoms with Gasteiger partial charge in [-0.25, -0.2) is 0 Å². The van der Waals surface area contributed by atoms with E-state index in [1.54, 1.807) is 24.3 Å². The first-order valence-corrected chi connectivity index (χ1v) is 5.70. The van der Waals surface area contributed by atoms with Gasteiger partial charge in [-0.3, -0.25) is 4.79 Å². The number of hydrogen-bond acceptors (Lipinski definition) is 4. The molecular formula is C12H15ClO4. The lowest BCUT2D eigenvalue weighted by molar-refractivity contribution is 0.0848. The Labute approximate surface area is 105 Å². The van der Waals surface area contributed by atoms with E-state index in [0.717, 1.165) is 0 Å². The standard InChI is InChI=1S/C12H15ClO4/c1-16-8-12(15)9-2-4-11(5-3-9)17-7-10(14)6-13/h2-5,10,14H,6-8H2,1H3. The molecule has 1 rings (SSSR count). The number of halogens is 1. The Hall–Kier alpha value is -1.10. The van der Waals surface area contributed by atoms with Gasteiger partial charge < -0.3 is 14.6 Å². The predicted molar refractivity (Wildman–Crippen MR) is 64.9 cm³/mol. The zero-order valence-corrected chi connectivity index (χ0v) is 10.3. The summed E-state index contributed by atoms with van der Waals surface area (Å²) in [7, 11) is 1.48. The summed E-state index contributed by atoms with van der Waals surface area (Å²) in [6.45, 7) is 0.194. The Kier molecular flexibility index (Phi) is 5.97. The second-order valence-corrected chi connectivity index (χ2v) is 3.81. The average molecular weight is 259 g/mol. The number of benzene rings is 1. The molecule has 0 saturated heterocycles. The smallest absolute Gasteiger partial charge is 0.188 e. The molecule has 94 valence electrons. The van der Waals surface area contributed by atoms with Crippen LogP contribution in [0.3, 0.4) is 0 Å². The lowest BCUT2D eigenvalue weighted by atomic mass is 10.1. The normalized spacial score (nSPS) is 12.2. The van der Waals surface area contributed by atoms with Crippen LogP contribution in [0.25, 0.3) is 0 Å². The number of carbonyl (C=O) groups is 1. The summed E-state index contributed by atoms with van der Waals surface area (Å²) in [5.41, 5.74) is 0.567. The molecule has 0 amide bonds. The summed E-state index contributed by atoms with van der Waals surface area (Å²) in [6, 6.07) is 6.65. The molecule has 4 nitrogen and oxygen atoms in total. The number of alkyl halides is 1. The quantitative estimate of drug-likeness (QED) is 0.595. The maximum Gasteiger partial charge on any atom is 0.188 e. The molecule has 0 radical (unpaired) electrons. The lowest BCUT2D eigenvalue weighted by Gasteiger charge is -2.09. The van der Waals surface area contributed by atoms with E-state index in [2.05, 4.69) is 0 Å². The van der Waals surface area contributed by atoms with Crippen molar-refractivity contribution in [2.75, 3.05) is 26.2 Å². The zero-order chi connectivity index (χ0) is 12.7. The minimum atomic E-state index is -0.688. The number of ether oxygens (including phenoxy) is 2. The second kappa shape index (κ2) is 7.27. The lowest BCUT2D eigenvalue weighted by Crippen LogP contribution is -2.18. The Morgan fingerprint density at radius 1 is 1.41 bits per heavy atom. The van der Waals surface area contributed by atoms with E-state index in [-0.39, 0.29) is 24.9 Å². The number of aliphatic hydroxyl groups is 1. The van der Waals surface area contributed by atoms with E-state index in [4.69, 9.17) is 21.1 Å². The third-order valence-electron chi connectivity index (χ3n) is 2.07. The molecule has 5 heteroatoms. The van der Waals surface area contributed by atoms with Gasteiger partial charge in [-0.15, -0.1) is 11.6 Å². The van der Waals surface area contributed by atoms with Crippen molar-refractivity contribution >= 4 is 17.4 Å². The SMILES string of the molecule is COCC(=O)c1ccc(OCC(O)CCl)cc1. The van der Waals surface area contributed by atoms with Crippen LogP contribution in [0.2, 0.25) is 0 Å². The van der Waals surface area contributed by atoms with E-state index >= 15 is 0 Å². The van der Waals surface area contributed by atoms with Gasteiger partial charge >= 0.3 is 0 Å². The monoisotopic (exact) mass is 258 g/mol. The minimum Gasteiger partial charge on any atom is -0.491 e. The van der Waals surface area contributed by atoms with Crippen molar-refractivity contribution in [2.45, 2.75) is 6.10 Å². The molecule has 1 atom stereocenters. The summed E-state index contributed by atoms with van der Waals surface area (Å²) in [4.78, 5) is 11.4. The molecule has 1 aromatic rings. The van der Waals surface area contributed by atoms with Crippen LogP contribution in [0.15, 0.2) is 24.3 Å². The first-order valence-electron chi connectivity index (χ1n) is 5.16. The fourth-order valence-corrected chi connectivity index (χ4v) is 1.28. The zero-order valence-electron chi connectivity index (χ0n) is 9.56. The van der Waals surface area contributed by atoms with Gasteiger partial charge in [-0.2, -0.15) is 0 Å². The Balaban J connectivity index is 2.53. The minimum absolute atomic E-state index is 0.0607. The van der Waals surface area contributed by atoms with Gasteiger partial charge in [-0.05, 0) is 24.3 Å². The third kappa shape index (κ3) is 4.73. The fraction of sp³-hybridized carbons (Fsp3) is 0.417. The molecule has 0 aromatic heterocycles. The Morgan fingerprint density at radius 2 is 2.06 bits per heavy atom. The van der Waals surface area contributed by atoms with Crippen molar-refractivity contribution in [3.8, 4) is 5.75 Å². The highest BCUT2D eigenvalue weighted by Crippen LogP contribution is 2.13. The van der Waals surface area contributed by atoms with Crippen LogP contribution in [0.5, 0.6) is 5.75 Å². The number of carbonyl (C=O) groups excluding carboxylic acids is 1. The number of Topliss-reactive ketones (excluding diaryl/α,β-unsaturated/α-hetero) is 1. The second-order valence-electron chi connectivity index (χ2n) is 3.50. The number of hydrogen-bond donors (Lipinski definition) is 1. The molecule has 0 bridgehead atoms. The van der Waals surface area contributed by atoms with Gasteiger partial charge in [0.2, 0.25) is 0 Å². The van der Waals surface area contributed by atoms with Crippen LogP contribution in [0, 0.1) is 0 Å². The van der Waals surface area contributed by atoms with Gasteiger partial charge in [0.15, 0.2) is 5.78 Å². The van der Waals surface area contributed by atoms with E-state index in [1.807, 2.05) is 0 Å². The van der Waals surface area contributed by atoms with Crippen LogP contribution in [0.1, 0.15) is 10.4 Å². The van der Waals surface area contributed by atoms with Gasteiger partial charge in [0.25, 0.3) is 0 Å². The largest absolute Gasteiger partial charge is 0.491 e. The summed E-state index contributed by atoms with van der Waals surface area (Å²) in [5.74, 6) is 0.632. The predicted octanol–water partition coefficient (Wildman–Crippen LogP) is 1.49. The first-order chi connectivity index (χ1) is 8.17. The molecule has 0 spiro atoms. The molecule has 0 aliphatic carbocycles. The maximum absolute atomic E-state index is 11.4. The van der Waals surface area contributed by atoms with Crippen molar-refractivity contribution in [1.82, 2.24) is 0 Å². The number of aliphatic hydroxyl groups excluding tert-OH is 1. The molecule has 17 heavy (non-hydrogen) atoms. The molecule has 1 unspecified atom stereocenters. The van der Waals surface area contributed by atoms with Gasteiger partial charge in [0.1, 0.15) is 25.1 Å². The van der Waals surface area contributed by atoms with E-state index in [9.17, 15) is 9.90 Å².